The van der Waals surface area contributed by atoms with Crippen LogP contribution in [-0.4, -0.2) is 41.2 Å². The summed E-state index contributed by atoms with van der Waals surface area (Å²) in [7, 11) is 1.30. The normalized spacial score (nSPS) is 13.3. The van der Waals surface area contributed by atoms with Gasteiger partial charge in [-0.3, -0.25) is 14.9 Å². The summed E-state index contributed by atoms with van der Waals surface area (Å²) >= 11 is 5.81. The first-order valence-electron chi connectivity index (χ1n) is 5.70. The van der Waals surface area contributed by atoms with Crippen LogP contribution in [0.25, 0.3) is 0 Å². The van der Waals surface area contributed by atoms with Crippen LogP contribution in [0, 0.1) is 10.1 Å². The molecule has 21 heavy (non-hydrogen) atoms. The molecule has 0 radical (unpaired) electrons. The molecular weight excluding hydrogens is 304 g/mol. The molecule has 0 aliphatic carbocycles. The summed E-state index contributed by atoms with van der Waals surface area (Å²) in [5.74, 6) is -2.05. The highest BCUT2D eigenvalue weighted by molar-refractivity contribution is 6.34. The van der Waals surface area contributed by atoms with Crippen LogP contribution in [0.4, 0.5) is 5.69 Å². The van der Waals surface area contributed by atoms with Crippen molar-refractivity contribution in [1.82, 2.24) is 5.32 Å². The van der Waals surface area contributed by atoms with Crippen LogP contribution < -0.4 is 5.32 Å². The molecule has 114 valence electrons. The number of nitrogens with zero attached hydrogens (tertiary/aromatic N) is 1. The van der Waals surface area contributed by atoms with Gasteiger partial charge in [-0.15, -0.1) is 0 Å². The van der Waals surface area contributed by atoms with Crippen LogP contribution in [0.1, 0.15) is 17.3 Å². The smallest absolute Gasteiger partial charge is 0.331 e. The zero-order chi connectivity index (χ0) is 16.2. The number of hydrogen-bond donors (Lipinski definition) is 2. The lowest BCUT2D eigenvalue weighted by atomic mass is 10.0. The molecule has 1 aromatic carbocycles. The van der Waals surface area contributed by atoms with Gasteiger partial charge in [0.25, 0.3) is 11.6 Å². The zero-order valence-electron chi connectivity index (χ0n) is 11.3. The highest BCUT2D eigenvalue weighted by Crippen LogP contribution is 2.23. The molecule has 0 saturated carbocycles. The quantitative estimate of drug-likeness (QED) is 0.606. The number of amides is 1. The van der Waals surface area contributed by atoms with Crippen molar-refractivity contribution >= 4 is 29.2 Å². The highest BCUT2D eigenvalue weighted by Gasteiger charge is 2.35. The van der Waals surface area contributed by atoms with Crippen molar-refractivity contribution in [2.75, 3.05) is 13.7 Å². The first-order valence-corrected chi connectivity index (χ1v) is 6.08. The maximum absolute atomic E-state index is 12.1. The Kier molecular flexibility index (Phi) is 5.23. The van der Waals surface area contributed by atoms with Crippen molar-refractivity contribution in [3.05, 3.63) is 38.9 Å². The molecule has 0 bridgehead atoms. The Bertz CT molecular complexity index is 591. The summed E-state index contributed by atoms with van der Waals surface area (Å²) in [4.78, 5) is 33.2. The van der Waals surface area contributed by atoms with Gasteiger partial charge in [0.2, 0.25) is 0 Å². The summed E-state index contributed by atoms with van der Waals surface area (Å²) in [6, 6.07) is 3.28. The number of carboxylic acid groups (broad SMARTS) is 1. The SMILES string of the molecule is COCC(C)(NC(=O)c1ccc([N+](=O)[O-])cc1Cl)C(=O)O. The monoisotopic (exact) mass is 316 g/mol. The van der Waals surface area contributed by atoms with Crippen molar-refractivity contribution in [2.24, 2.45) is 0 Å². The van der Waals surface area contributed by atoms with Crippen LogP contribution in [0.15, 0.2) is 18.2 Å². The maximum Gasteiger partial charge on any atom is 0.331 e. The van der Waals surface area contributed by atoms with Gasteiger partial charge in [0.05, 0.1) is 22.1 Å². The van der Waals surface area contributed by atoms with E-state index in [1.54, 1.807) is 0 Å². The number of nitro groups is 1. The lowest BCUT2D eigenvalue weighted by molar-refractivity contribution is -0.384. The van der Waals surface area contributed by atoms with Gasteiger partial charge in [-0.1, -0.05) is 11.6 Å². The average molecular weight is 317 g/mol. The Morgan fingerprint density at radius 2 is 2.14 bits per heavy atom. The number of halogens is 1. The van der Waals surface area contributed by atoms with Crippen LogP contribution in [0.3, 0.4) is 0 Å². The standard InChI is InChI=1S/C12H13ClN2O6/c1-12(6-21-2,11(17)18)14-10(16)8-4-3-7(15(19)20)5-9(8)13/h3-5H,6H2,1-2H3,(H,14,16)(H,17,18). The van der Waals surface area contributed by atoms with Gasteiger partial charge in [-0.05, 0) is 13.0 Å². The molecule has 0 saturated heterocycles. The fraction of sp³-hybridized carbons (Fsp3) is 0.333. The molecule has 2 N–H and O–H groups in total. The molecule has 0 aromatic heterocycles. The summed E-state index contributed by atoms with van der Waals surface area (Å²) in [5, 5.41) is 21.9. The van der Waals surface area contributed by atoms with E-state index in [9.17, 15) is 19.7 Å². The second kappa shape index (κ2) is 6.51. The first-order chi connectivity index (χ1) is 9.71. The van der Waals surface area contributed by atoms with E-state index in [1.165, 1.54) is 14.0 Å². The minimum Gasteiger partial charge on any atom is -0.479 e. The zero-order valence-corrected chi connectivity index (χ0v) is 12.0. The van der Waals surface area contributed by atoms with Gasteiger partial charge in [0.15, 0.2) is 5.54 Å². The van der Waals surface area contributed by atoms with Crippen LogP contribution >= 0.6 is 11.6 Å². The van der Waals surface area contributed by atoms with Gasteiger partial charge in [-0.25, -0.2) is 4.79 Å². The van der Waals surface area contributed by atoms with Crippen LogP contribution in [-0.2, 0) is 9.53 Å². The number of methoxy groups -OCH3 is 1. The number of aliphatic carboxylic acids is 1. The molecule has 1 amide bonds. The van der Waals surface area contributed by atoms with Gasteiger partial charge in [-0.2, -0.15) is 0 Å². The second-order valence-corrected chi connectivity index (χ2v) is 4.85. The summed E-state index contributed by atoms with van der Waals surface area (Å²) in [5.41, 5.74) is -1.97. The van der Waals surface area contributed by atoms with Crippen LogP contribution in [0.5, 0.6) is 0 Å². The maximum atomic E-state index is 12.1. The number of hydrogen-bond acceptors (Lipinski definition) is 5. The van der Waals surface area contributed by atoms with E-state index in [0.29, 0.717) is 0 Å². The fourth-order valence-electron chi connectivity index (χ4n) is 1.56. The van der Waals surface area contributed by atoms with E-state index >= 15 is 0 Å². The predicted octanol–water partition coefficient (Wildman–Crippen LogP) is 1.47. The first kappa shape index (κ1) is 16.9. The Balaban J connectivity index is 3.04. The second-order valence-electron chi connectivity index (χ2n) is 4.45. The van der Waals surface area contributed by atoms with E-state index in [0.717, 1.165) is 18.2 Å². The van der Waals surface area contributed by atoms with E-state index < -0.39 is 22.3 Å². The number of non-ortho nitro benzene ring substituents is 1. The average Bonchev–Trinajstić information content (AvgIpc) is 2.38. The van der Waals surface area contributed by atoms with Crippen molar-refractivity contribution < 1.29 is 24.4 Å². The summed E-state index contributed by atoms with van der Waals surface area (Å²) in [6.07, 6.45) is 0. The molecule has 0 heterocycles. The molecule has 1 unspecified atom stereocenters. The van der Waals surface area contributed by atoms with Crippen molar-refractivity contribution in [1.29, 1.82) is 0 Å². The molecule has 1 atom stereocenters. The Morgan fingerprint density at radius 3 is 2.57 bits per heavy atom. The van der Waals surface area contributed by atoms with Crippen LogP contribution in [0.2, 0.25) is 5.02 Å². The molecule has 1 aromatic rings. The lowest BCUT2D eigenvalue weighted by Gasteiger charge is -2.25. The summed E-state index contributed by atoms with van der Waals surface area (Å²) in [6.45, 7) is 1.02. The van der Waals surface area contributed by atoms with E-state index in [-0.39, 0.29) is 22.9 Å². The topological polar surface area (TPSA) is 119 Å². The van der Waals surface area contributed by atoms with Gasteiger partial charge >= 0.3 is 5.97 Å². The van der Waals surface area contributed by atoms with Gasteiger partial charge in [0.1, 0.15) is 0 Å². The molecule has 8 nitrogen and oxygen atoms in total. The number of nitrogens with one attached hydrogen (secondary N) is 1. The molecular formula is C12H13ClN2O6. The predicted molar refractivity (Wildman–Crippen MR) is 73.5 cm³/mol. The van der Waals surface area contributed by atoms with Crippen molar-refractivity contribution in [2.45, 2.75) is 12.5 Å². The fourth-order valence-corrected chi connectivity index (χ4v) is 1.82. The number of carbonyl (C=O) groups is 2. The third kappa shape index (κ3) is 3.89. The number of ether oxygens (including phenoxy) is 1. The minimum atomic E-state index is -1.64. The molecule has 1 rings (SSSR count). The largest absolute Gasteiger partial charge is 0.479 e. The van der Waals surface area contributed by atoms with E-state index in [1.807, 2.05) is 0 Å². The number of carboxylic acids is 1. The van der Waals surface area contributed by atoms with Crippen molar-refractivity contribution in [3.63, 3.8) is 0 Å². The Morgan fingerprint density at radius 1 is 1.52 bits per heavy atom. The number of rotatable bonds is 6. The number of nitro benzene ring substituents is 1. The molecule has 0 aliphatic heterocycles. The number of benzene rings is 1. The van der Waals surface area contributed by atoms with E-state index in [4.69, 9.17) is 21.4 Å². The van der Waals surface area contributed by atoms with Crippen molar-refractivity contribution in [3.8, 4) is 0 Å². The molecule has 0 aliphatic rings. The Hall–Kier alpha value is -2.19. The third-order valence-electron chi connectivity index (χ3n) is 2.70. The van der Waals surface area contributed by atoms with E-state index in [2.05, 4.69) is 5.32 Å². The third-order valence-corrected chi connectivity index (χ3v) is 3.02. The molecule has 9 heteroatoms. The summed E-state index contributed by atoms with van der Waals surface area (Å²) < 4.78 is 4.77. The Labute approximate surface area is 124 Å². The molecule has 0 fully saturated rings. The minimum absolute atomic E-state index is 0.0640. The van der Waals surface area contributed by atoms with Gasteiger partial charge in [0, 0.05) is 19.2 Å². The van der Waals surface area contributed by atoms with Gasteiger partial charge < -0.3 is 15.2 Å². The number of carbonyl (C=O) groups excluding carboxylic acids is 1. The molecule has 0 spiro atoms. The lowest BCUT2D eigenvalue weighted by Crippen LogP contribution is -2.55. The highest BCUT2D eigenvalue weighted by atomic mass is 35.5.